The summed E-state index contributed by atoms with van der Waals surface area (Å²) in [6.07, 6.45) is 5.94. The number of hydrogen-bond acceptors (Lipinski definition) is 2. The van der Waals surface area contributed by atoms with E-state index < -0.39 is 5.54 Å². The summed E-state index contributed by atoms with van der Waals surface area (Å²) in [4.78, 5) is 3.24. The number of thiocarbonyl (C=S) groups is 1. The van der Waals surface area contributed by atoms with Crippen molar-refractivity contribution in [2.75, 3.05) is 7.05 Å². The maximum Gasteiger partial charge on any atom is 0.173 e. The van der Waals surface area contributed by atoms with Crippen LogP contribution in [0.15, 0.2) is 78.4 Å². The first-order chi connectivity index (χ1) is 15.1. The van der Waals surface area contributed by atoms with Gasteiger partial charge in [0.1, 0.15) is 0 Å². The second-order valence-electron chi connectivity index (χ2n) is 9.15. The molecular formula is C28H34N2S2. The van der Waals surface area contributed by atoms with Gasteiger partial charge in [0.05, 0.1) is 11.5 Å². The van der Waals surface area contributed by atoms with Crippen LogP contribution in [0.25, 0.3) is 5.57 Å². The lowest BCUT2D eigenvalue weighted by molar-refractivity contribution is 0.305. The zero-order chi connectivity index (χ0) is 23.6. The molecule has 1 N–H and O–H groups in total. The fraction of sp³-hybridized carbons (Fsp3) is 0.321. The average molecular weight is 463 g/mol. The Morgan fingerprint density at radius 2 is 1.91 bits per heavy atom. The quantitative estimate of drug-likeness (QED) is 0.349. The lowest BCUT2D eigenvalue weighted by Gasteiger charge is -2.48. The Bertz CT molecular complexity index is 1080. The molecule has 0 spiro atoms. The van der Waals surface area contributed by atoms with Gasteiger partial charge in [0, 0.05) is 17.6 Å². The highest BCUT2D eigenvalue weighted by Crippen LogP contribution is 2.47. The summed E-state index contributed by atoms with van der Waals surface area (Å²) in [5, 5.41) is 6.60. The van der Waals surface area contributed by atoms with Crippen molar-refractivity contribution in [2.45, 2.75) is 52.0 Å². The van der Waals surface area contributed by atoms with Gasteiger partial charge in [-0.3, -0.25) is 0 Å². The highest BCUT2D eigenvalue weighted by Gasteiger charge is 2.45. The van der Waals surface area contributed by atoms with Crippen molar-refractivity contribution < 1.29 is 0 Å². The van der Waals surface area contributed by atoms with E-state index in [2.05, 4.69) is 94.9 Å². The zero-order valence-electron chi connectivity index (χ0n) is 20.0. The zero-order valence-corrected chi connectivity index (χ0v) is 21.7. The molecule has 4 heteroatoms. The molecule has 1 aliphatic heterocycles. The second-order valence-corrected chi connectivity index (χ2v) is 10.4. The molecule has 1 fully saturated rings. The van der Waals surface area contributed by atoms with Crippen molar-refractivity contribution in [3.8, 4) is 0 Å². The number of allylic oxidation sites excluding steroid dienone is 5. The number of likely N-dealkylation sites (N-methyl/N-ethyl adjacent to an activating group) is 1. The molecule has 0 unspecified atom stereocenters. The van der Waals surface area contributed by atoms with Gasteiger partial charge in [0.2, 0.25) is 0 Å². The third-order valence-corrected chi connectivity index (χ3v) is 7.85. The first kappa shape index (κ1) is 24.2. The maximum atomic E-state index is 5.70. The van der Waals surface area contributed by atoms with Crippen LogP contribution in [-0.4, -0.2) is 17.1 Å². The number of rotatable bonds is 6. The van der Waals surface area contributed by atoms with Crippen molar-refractivity contribution >= 4 is 34.2 Å². The monoisotopic (exact) mass is 462 g/mol. The Balaban J connectivity index is 2.11. The number of thiophene rings is 1. The molecule has 0 radical (unpaired) electrons. The van der Waals surface area contributed by atoms with Crippen molar-refractivity contribution in [3.63, 3.8) is 0 Å². The first-order valence-corrected chi connectivity index (χ1v) is 12.3. The van der Waals surface area contributed by atoms with Crippen LogP contribution in [0.1, 0.15) is 68.0 Å². The second kappa shape index (κ2) is 9.60. The lowest BCUT2D eigenvalue weighted by Crippen LogP contribution is -2.57. The van der Waals surface area contributed by atoms with E-state index in [4.69, 9.17) is 12.2 Å². The summed E-state index contributed by atoms with van der Waals surface area (Å²) in [5.41, 5.74) is 6.92. The van der Waals surface area contributed by atoms with Crippen LogP contribution < -0.4 is 5.32 Å². The fourth-order valence-electron chi connectivity index (χ4n) is 4.30. The molecule has 1 aromatic heterocycles. The molecule has 2 aromatic rings. The summed E-state index contributed by atoms with van der Waals surface area (Å²) in [6.45, 7) is 19.3. The van der Waals surface area contributed by atoms with Crippen molar-refractivity contribution in [1.82, 2.24) is 10.2 Å². The largest absolute Gasteiger partial charge is 0.351 e. The van der Waals surface area contributed by atoms with Crippen LogP contribution >= 0.6 is 23.6 Å². The van der Waals surface area contributed by atoms with Crippen molar-refractivity contribution in [3.05, 3.63) is 99.9 Å². The Hall–Kier alpha value is -2.43. The molecule has 2 atom stereocenters. The predicted octanol–water partition coefficient (Wildman–Crippen LogP) is 7.74. The van der Waals surface area contributed by atoms with Gasteiger partial charge in [0.15, 0.2) is 5.11 Å². The van der Waals surface area contributed by atoms with E-state index in [1.54, 1.807) is 11.3 Å². The Kier molecular flexibility index (Phi) is 7.26. The van der Waals surface area contributed by atoms with E-state index in [-0.39, 0.29) is 5.92 Å². The topological polar surface area (TPSA) is 15.3 Å². The third kappa shape index (κ3) is 4.53. The standard InChI is InChI=1S/C28H34N2S2/c1-9-10-11-24(19(4)5)23-16-25(32-17-23)28(7)26(20(6)30(8)27(31)29-28)22-14-12-21(13-15-22)18(2)3/h9-18,26H,1,6H2,2-5,7-8H3,(H,29,31)/b11-10-/t26-,28-/m1/s1. The van der Waals surface area contributed by atoms with Crippen LogP contribution in [0.2, 0.25) is 0 Å². The molecule has 32 heavy (non-hydrogen) atoms. The van der Waals surface area contributed by atoms with Gasteiger partial charge in [-0.25, -0.2) is 0 Å². The van der Waals surface area contributed by atoms with E-state index in [1.807, 2.05) is 24.1 Å². The first-order valence-electron chi connectivity index (χ1n) is 11.0. The van der Waals surface area contributed by atoms with Crippen LogP contribution in [0.4, 0.5) is 0 Å². The highest BCUT2D eigenvalue weighted by atomic mass is 32.1. The van der Waals surface area contributed by atoms with E-state index in [0.29, 0.717) is 11.0 Å². The summed E-state index contributed by atoms with van der Waals surface area (Å²) in [6, 6.07) is 11.3. The number of nitrogens with zero attached hydrogens (tertiary/aromatic N) is 1. The van der Waals surface area contributed by atoms with Crippen LogP contribution in [0, 0.1) is 0 Å². The Morgan fingerprint density at radius 3 is 2.47 bits per heavy atom. The molecule has 0 amide bonds. The molecular weight excluding hydrogens is 428 g/mol. The van der Waals surface area contributed by atoms with Crippen molar-refractivity contribution in [2.24, 2.45) is 0 Å². The minimum absolute atomic E-state index is 0.0609. The minimum atomic E-state index is -0.391. The summed E-state index contributed by atoms with van der Waals surface area (Å²) in [7, 11) is 1.99. The fourth-order valence-corrected chi connectivity index (χ4v) is 5.69. The van der Waals surface area contributed by atoms with E-state index in [0.717, 1.165) is 5.70 Å². The van der Waals surface area contributed by atoms with Gasteiger partial charge in [-0.1, -0.05) is 75.1 Å². The van der Waals surface area contributed by atoms with E-state index >= 15 is 0 Å². The number of benzene rings is 1. The third-order valence-electron chi connectivity index (χ3n) is 6.31. The molecule has 0 aliphatic carbocycles. The van der Waals surface area contributed by atoms with Crippen LogP contribution in [0.5, 0.6) is 0 Å². The van der Waals surface area contributed by atoms with E-state index in [1.165, 1.54) is 32.7 Å². The van der Waals surface area contributed by atoms with Gasteiger partial charge in [-0.15, -0.1) is 11.3 Å². The van der Waals surface area contributed by atoms with Gasteiger partial charge >= 0.3 is 0 Å². The predicted molar refractivity (Wildman–Crippen MR) is 145 cm³/mol. The molecule has 0 bridgehead atoms. The van der Waals surface area contributed by atoms with Crippen LogP contribution in [0.3, 0.4) is 0 Å². The number of nitrogens with one attached hydrogen (secondary N) is 1. The Labute approximate surface area is 203 Å². The molecule has 1 aliphatic rings. The lowest BCUT2D eigenvalue weighted by atomic mass is 9.75. The van der Waals surface area contributed by atoms with Crippen LogP contribution in [-0.2, 0) is 5.54 Å². The smallest absolute Gasteiger partial charge is 0.173 e. The maximum absolute atomic E-state index is 5.70. The van der Waals surface area contributed by atoms with Gasteiger partial charge in [-0.05, 0) is 72.6 Å². The van der Waals surface area contributed by atoms with Crippen molar-refractivity contribution in [1.29, 1.82) is 0 Å². The summed E-state index contributed by atoms with van der Waals surface area (Å²) in [5.74, 6) is 0.565. The van der Waals surface area contributed by atoms with E-state index in [9.17, 15) is 0 Å². The van der Waals surface area contributed by atoms with Gasteiger partial charge < -0.3 is 10.2 Å². The molecule has 168 valence electrons. The summed E-state index contributed by atoms with van der Waals surface area (Å²) < 4.78 is 0. The Morgan fingerprint density at radius 1 is 1.25 bits per heavy atom. The molecule has 2 nitrogen and oxygen atoms in total. The highest BCUT2D eigenvalue weighted by molar-refractivity contribution is 7.80. The molecule has 0 saturated carbocycles. The number of hydrogen-bond donors (Lipinski definition) is 1. The molecule has 1 aromatic carbocycles. The molecule has 1 saturated heterocycles. The summed E-state index contributed by atoms with van der Waals surface area (Å²) >= 11 is 7.47. The van der Waals surface area contributed by atoms with Gasteiger partial charge in [0.25, 0.3) is 0 Å². The minimum Gasteiger partial charge on any atom is -0.351 e. The SMILES string of the molecule is C=C/C=C\C(=C(C)C)c1csc([C@@]2(C)NC(=S)N(C)C(=C)[C@@H]2c2ccc(C(C)C)cc2)c1. The normalized spacial score (nSPS) is 21.2. The molecule has 3 rings (SSSR count). The van der Waals surface area contributed by atoms with Gasteiger partial charge in [-0.2, -0.15) is 0 Å². The molecule has 2 heterocycles. The average Bonchev–Trinajstić information content (AvgIpc) is 3.23.